The van der Waals surface area contributed by atoms with Gasteiger partial charge in [-0.1, -0.05) is 24.3 Å². The van der Waals surface area contributed by atoms with Crippen LogP contribution < -0.4 is 10.1 Å². The second-order valence-electron chi connectivity index (χ2n) is 6.95. The Kier molecular flexibility index (Phi) is 8.78. The summed E-state index contributed by atoms with van der Waals surface area (Å²) in [6, 6.07) is 14.7. The SMILES string of the molecule is CC(CCc1ccc(OCCCC(=O)O)cc1)NCC(O)c1ccc(O)cc1. The van der Waals surface area contributed by atoms with Gasteiger partial charge in [-0.15, -0.1) is 0 Å². The monoisotopic (exact) mass is 387 g/mol. The Bertz CT molecular complexity index is 715. The zero-order valence-electron chi connectivity index (χ0n) is 16.2. The van der Waals surface area contributed by atoms with E-state index in [0.717, 1.165) is 24.2 Å². The summed E-state index contributed by atoms with van der Waals surface area (Å²) in [5.74, 6) is 0.128. The van der Waals surface area contributed by atoms with Gasteiger partial charge in [-0.25, -0.2) is 0 Å². The van der Waals surface area contributed by atoms with E-state index in [1.54, 1.807) is 24.3 Å². The third-order valence-corrected chi connectivity index (χ3v) is 4.53. The maximum absolute atomic E-state index is 10.5. The quantitative estimate of drug-likeness (QED) is 0.417. The molecule has 0 saturated heterocycles. The Balaban J connectivity index is 1.67. The number of ether oxygens (including phenoxy) is 1. The molecule has 0 saturated carbocycles. The van der Waals surface area contributed by atoms with Crippen LogP contribution >= 0.6 is 0 Å². The molecule has 152 valence electrons. The number of phenols is 1. The minimum Gasteiger partial charge on any atom is -0.508 e. The molecule has 0 amide bonds. The zero-order valence-corrected chi connectivity index (χ0v) is 16.2. The molecule has 6 heteroatoms. The molecule has 0 radical (unpaired) electrons. The molecule has 2 aromatic carbocycles. The van der Waals surface area contributed by atoms with Crippen LogP contribution in [0.25, 0.3) is 0 Å². The molecule has 0 aliphatic rings. The van der Waals surface area contributed by atoms with Crippen molar-refractivity contribution in [2.24, 2.45) is 0 Å². The number of rotatable bonds is 12. The van der Waals surface area contributed by atoms with Crippen molar-refractivity contribution in [3.05, 3.63) is 59.7 Å². The molecule has 0 fully saturated rings. The largest absolute Gasteiger partial charge is 0.508 e. The number of hydrogen-bond donors (Lipinski definition) is 4. The van der Waals surface area contributed by atoms with Gasteiger partial charge in [0.05, 0.1) is 12.7 Å². The van der Waals surface area contributed by atoms with Crippen LogP contribution in [-0.2, 0) is 11.2 Å². The van der Waals surface area contributed by atoms with Gasteiger partial charge in [-0.2, -0.15) is 0 Å². The molecule has 0 aromatic heterocycles. The summed E-state index contributed by atoms with van der Waals surface area (Å²) >= 11 is 0. The Morgan fingerprint density at radius 2 is 1.79 bits per heavy atom. The van der Waals surface area contributed by atoms with Crippen molar-refractivity contribution in [2.45, 2.75) is 44.8 Å². The second kappa shape index (κ2) is 11.3. The molecule has 4 N–H and O–H groups in total. The van der Waals surface area contributed by atoms with Crippen LogP contribution in [0, 0.1) is 0 Å². The van der Waals surface area contributed by atoms with Crippen LogP contribution in [0.4, 0.5) is 0 Å². The predicted octanol–water partition coefficient (Wildman–Crippen LogP) is 3.28. The summed E-state index contributed by atoms with van der Waals surface area (Å²) < 4.78 is 5.53. The van der Waals surface area contributed by atoms with Gasteiger partial charge < -0.3 is 25.4 Å². The number of benzene rings is 2. The van der Waals surface area contributed by atoms with E-state index >= 15 is 0 Å². The number of aliphatic carboxylic acids is 1. The van der Waals surface area contributed by atoms with Gasteiger partial charge >= 0.3 is 5.97 Å². The van der Waals surface area contributed by atoms with Crippen LogP contribution in [0.2, 0.25) is 0 Å². The van der Waals surface area contributed by atoms with Crippen LogP contribution in [-0.4, -0.2) is 40.5 Å². The summed E-state index contributed by atoms with van der Waals surface area (Å²) in [5.41, 5.74) is 1.97. The summed E-state index contributed by atoms with van der Waals surface area (Å²) in [6.45, 7) is 2.94. The lowest BCUT2D eigenvalue weighted by atomic mass is 10.1. The minimum atomic E-state index is -0.808. The van der Waals surface area contributed by atoms with Crippen LogP contribution in [0.5, 0.6) is 11.5 Å². The fraction of sp³-hybridized carbons (Fsp3) is 0.409. The summed E-state index contributed by atoms with van der Waals surface area (Å²) in [7, 11) is 0. The molecule has 2 unspecified atom stereocenters. The van der Waals surface area contributed by atoms with E-state index in [0.29, 0.717) is 19.6 Å². The molecule has 0 heterocycles. The summed E-state index contributed by atoms with van der Waals surface area (Å²) in [4.78, 5) is 10.5. The highest BCUT2D eigenvalue weighted by molar-refractivity contribution is 5.66. The second-order valence-corrected chi connectivity index (χ2v) is 6.95. The number of aliphatic hydroxyl groups is 1. The van der Waals surface area contributed by atoms with Crippen molar-refractivity contribution in [3.63, 3.8) is 0 Å². The molecule has 0 aliphatic carbocycles. The van der Waals surface area contributed by atoms with Crippen LogP contribution in [0.15, 0.2) is 48.5 Å². The molecule has 2 rings (SSSR count). The highest BCUT2D eigenvalue weighted by atomic mass is 16.5. The summed E-state index contributed by atoms with van der Waals surface area (Å²) in [5, 5.41) is 31.4. The molecule has 28 heavy (non-hydrogen) atoms. The molecule has 0 spiro atoms. The van der Waals surface area contributed by atoms with E-state index in [-0.39, 0.29) is 18.2 Å². The third-order valence-electron chi connectivity index (χ3n) is 4.53. The maximum Gasteiger partial charge on any atom is 0.303 e. The Labute approximate surface area is 165 Å². The smallest absolute Gasteiger partial charge is 0.303 e. The average Bonchev–Trinajstić information content (AvgIpc) is 2.69. The molecule has 6 nitrogen and oxygen atoms in total. The predicted molar refractivity (Wildman–Crippen MR) is 108 cm³/mol. The number of aryl methyl sites for hydroxylation is 1. The van der Waals surface area contributed by atoms with E-state index in [1.165, 1.54) is 5.56 Å². The standard InChI is InChI=1S/C22H29NO5/c1-16(23-15-21(25)18-8-10-19(24)11-9-18)4-5-17-6-12-20(13-7-17)28-14-2-3-22(26)27/h6-13,16,21,23-25H,2-5,14-15H2,1H3,(H,26,27). The first-order valence-corrected chi connectivity index (χ1v) is 9.58. The van der Waals surface area contributed by atoms with Crippen molar-refractivity contribution in [3.8, 4) is 11.5 Å². The highest BCUT2D eigenvalue weighted by Gasteiger charge is 2.10. The van der Waals surface area contributed by atoms with Gasteiger partial charge in [-0.3, -0.25) is 4.79 Å². The van der Waals surface area contributed by atoms with Crippen molar-refractivity contribution in [1.29, 1.82) is 0 Å². The number of carboxylic acid groups (broad SMARTS) is 1. The lowest BCUT2D eigenvalue weighted by Gasteiger charge is -2.17. The number of nitrogens with one attached hydrogen (secondary N) is 1. The first kappa shape index (κ1) is 21.7. The van der Waals surface area contributed by atoms with Crippen molar-refractivity contribution in [1.82, 2.24) is 5.32 Å². The van der Waals surface area contributed by atoms with E-state index < -0.39 is 12.1 Å². The third kappa shape index (κ3) is 7.98. The molecule has 0 aliphatic heterocycles. The van der Waals surface area contributed by atoms with Gasteiger partial charge in [0.2, 0.25) is 0 Å². The summed E-state index contributed by atoms with van der Waals surface area (Å²) in [6.07, 6.45) is 1.84. The molecular weight excluding hydrogens is 358 g/mol. The Morgan fingerprint density at radius 3 is 2.43 bits per heavy atom. The topological polar surface area (TPSA) is 99.0 Å². The van der Waals surface area contributed by atoms with Gasteiger partial charge in [-0.05, 0) is 61.6 Å². The lowest BCUT2D eigenvalue weighted by molar-refractivity contribution is -0.137. The molecular formula is C22H29NO5. The van der Waals surface area contributed by atoms with Crippen molar-refractivity contribution >= 4 is 5.97 Å². The van der Waals surface area contributed by atoms with Crippen molar-refractivity contribution in [2.75, 3.05) is 13.2 Å². The first-order valence-electron chi connectivity index (χ1n) is 9.58. The maximum atomic E-state index is 10.5. The molecule has 2 atom stereocenters. The van der Waals surface area contributed by atoms with E-state index in [4.69, 9.17) is 9.84 Å². The van der Waals surface area contributed by atoms with E-state index in [9.17, 15) is 15.0 Å². The van der Waals surface area contributed by atoms with Gasteiger partial charge in [0, 0.05) is 19.0 Å². The lowest BCUT2D eigenvalue weighted by Crippen LogP contribution is -2.30. The highest BCUT2D eigenvalue weighted by Crippen LogP contribution is 2.17. The van der Waals surface area contributed by atoms with Gasteiger partial charge in [0.1, 0.15) is 11.5 Å². The number of aliphatic hydroxyl groups excluding tert-OH is 1. The fourth-order valence-electron chi connectivity index (χ4n) is 2.78. The van der Waals surface area contributed by atoms with Gasteiger partial charge in [0.15, 0.2) is 0 Å². The number of carboxylic acids is 1. The number of carbonyl (C=O) groups is 1. The Hall–Kier alpha value is -2.57. The van der Waals surface area contributed by atoms with Crippen molar-refractivity contribution < 1.29 is 24.9 Å². The van der Waals surface area contributed by atoms with Crippen LogP contribution in [0.3, 0.4) is 0 Å². The molecule has 0 bridgehead atoms. The van der Waals surface area contributed by atoms with E-state index in [2.05, 4.69) is 12.2 Å². The van der Waals surface area contributed by atoms with E-state index in [1.807, 2.05) is 24.3 Å². The molecule has 2 aromatic rings. The van der Waals surface area contributed by atoms with Gasteiger partial charge in [0.25, 0.3) is 0 Å². The zero-order chi connectivity index (χ0) is 20.4. The Morgan fingerprint density at radius 1 is 1.11 bits per heavy atom. The average molecular weight is 387 g/mol. The fourth-order valence-corrected chi connectivity index (χ4v) is 2.78. The number of hydrogen-bond acceptors (Lipinski definition) is 5. The number of phenolic OH excluding ortho intramolecular Hbond substituents is 1. The minimum absolute atomic E-state index is 0.115. The normalized spacial score (nSPS) is 13.1. The van der Waals surface area contributed by atoms with Crippen LogP contribution in [0.1, 0.15) is 43.4 Å². The number of aromatic hydroxyl groups is 1. The first-order chi connectivity index (χ1) is 13.4.